The molecular formula is C20H19ClFN3O5S. The van der Waals surface area contributed by atoms with Crippen LogP contribution in [0.4, 0.5) is 20.6 Å². The highest BCUT2D eigenvalue weighted by Crippen LogP contribution is 2.40. The van der Waals surface area contributed by atoms with Crippen molar-refractivity contribution in [2.24, 2.45) is 0 Å². The molecule has 0 fully saturated rings. The Morgan fingerprint density at radius 3 is 2.55 bits per heavy atom. The van der Waals surface area contributed by atoms with Gasteiger partial charge in [-0.2, -0.15) is 0 Å². The summed E-state index contributed by atoms with van der Waals surface area (Å²) in [6, 6.07) is 9.78. The number of hydrogen-bond donors (Lipinski definition) is 2. The Balaban J connectivity index is 2.10. The molecule has 0 saturated carbocycles. The summed E-state index contributed by atoms with van der Waals surface area (Å²) in [6.45, 7) is 3.22. The van der Waals surface area contributed by atoms with Crippen molar-refractivity contribution in [2.75, 3.05) is 15.9 Å². The van der Waals surface area contributed by atoms with E-state index in [-0.39, 0.29) is 28.4 Å². The number of amides is 1. The Kier molecular flexibility index (Phi) is 6.23. The molecule has 0 bridgehead atoms. The Bertz CT molecular complexity index is 1250. The fraction of sp³-hybridized carbons (Fsp3) is 0.200. The van der Waals surface area contributed by atoms with Crippen LogP contribution in [0.2, 0.25) is 5.02 Å². The molecule has 0 spiro atoms. The molecule has 0 aliphatic rings. The van der Waals surface area contributed by atoms with E-state index in [2.05, 4.69) is 9.88 Å². The molecular weight excluding hydrogens is 449 g/mol. The minimum absolute atomic E-state index is 0.0172. The predicted molar refractivity (Wildman–Crippen MR) is 115 cm³/mol. The maximum absolute atomic E-state index is 14.5. The van der Waals surface area contributed by atoms with Crippen molar-refractivity contribution in [3.05, 3.63) is 64.6 Å². The quantitative estimate of drug-likeness (QED) is 0.524. The first-order valence-electron chi connectivity index (χ1n) is 9.00. The van der Waals surface area contributed by atoms with Crippen LogP contribution in [0, 0.1) is 12.7 Å². The molecule has 2 aromatic carbocycles. The average molecular weight is 468 g/mol. The number of carbonyl (C=O) groups is 1. The molecule has 3 rings (SSSR count). The molecule has 1 amide bonds. The van der Waals surface area contributed by atoms with Crippen LogP contribution in [0.25, 0.3) is 11.3 Å². The Hall–Kier alpha value is -3.11. The number of nitrogens with zero attached hydrogens (tertiary/aromatic N) is 2. The molecule has 1 aromatic heterocycles. The number of anilines is 2. The highest BCUT2D eigenvalue weighted by Gasteiger charge is 2.31. The first-order valence-corrected chi connectivity index (χ1v) is 11.3. The van der Waals surface area contributed by atoms with Gasteiger partial charge in [0, 0.05) is 10.6 Å². The number of rotatable bonds is 6. The Labute approximate surface area is 183 Å². The SMILES string of the molecule is Cc1noc(-c2ccc(NS(C)(=O)=O)c(F)c2)c1N(C(=O)O)C(C)c1ccccc1Cl. The maximum atomic E-state index is 14.5. The highest BCUT2D eigenvalue weighted by molar-refractivity contribution is 7.92. The summed E-state index contributed by atoms with van der Waals surface area (Å²) in [5.74, 6) is -0.840. The molecule has 8 nitrogen and oxygen atoms in total. The van der Waals surface area contributed by atoms with Gasteiger partial charge in [-0.15, -0.1) is 0 Å². The second kappa shape index (κ2) is 8.56. The lowest BCUT2D eigenvalue weighted by atomic mass is 10.0. The molecule has 2 N–H and O–H groups in total. The van der Waals surface area contributed by atoms with Gasteiger partial charge in [0.2, 0.25) is 10.0 Å². The minimum atomic E-state index is -3.68. The Morgan fingerprint density at radius 1 is 1.29 bits per heavy atom. The van der Waals surface area contributed by atoms with E-state index in [1.165, 1.54) is 12.1 Å². The summed E-state index contributed by atoms with van der Waals surface area (Å²) in [5.41, 5.74) is 0.906. The number of benzene rings is 2. The molecule has 3 aromatic rings. The van der Waals surface area contributed by atoms with Crippen LogP contribution in [-0.2, 0) is 10.0 Å². The summed E-state index contributed by atoms with van der Waals surface area (Å²) >= 11 is 6.25. The third-order valence-electron chi connectivity index (χ3n) is 4.55. The lowest BCUT2D eigenvalue weighted by molar-refractivity contribution is 0.199. The van der Waals surface area contributed by atoms with Crippen LogP contribution in [0.1, 0.15) is 24.2 Å². The van der Waals surface area contributed by atoms with Crippen molar-refractivity contribution < 1.29 is 27.2 Å². The number of carboxylic acid groups (broad SMARTS) is 1. The minimum Gasteiger partial charge on any atom is -0.465 e. The first kappa shape index (κ1) is 22.6. The van der Waals surface area contributed by atoms with Gasteiger partial charge < -0.3 is 9.63 Å². The van der Waals surface area contributed by atoms with Crippen molar-refractivity contribution in [3.8, 4) is 11.3 Å². The smallest absolute Gasteiger partial charge is 0.412 e. The first-order chi connectivity index (χ1) is 14.5. The summed E-state index contributed by atoms with van der Waals surface area (Å²) in [7, 11) is -3.68. The van der Waals surface area contributed by atoms with Crippen LogP contribution in [0.15, 0.2) is 47.0 Å². The fourth-order valence-electron chi connectivity index (χ4n) is 3.18. The van der Waals surface area contributed by atoms with Gasteiger partial charge in [-0.25, -0.2) is 17.6 Å². The summed E-state index contributed by atoms with van der Waals surface area (Å²) < 4.78 is 44.7. The number of aromatic nitrogens is 1. The van der Waals surface area contributed by atoms with Crippen LogP contribution in [0.5, 0.6) is 0 Å². The van der Waals surface area contributed by atoms with Gasteiger partial charge in [0.05, 0.1) is 18.0 Å². The lowest BCUT2D eigenvalue weighted by Crippen LogP contribution is -2.33. The van der Waals surface area contributed by atoms with Gasteiger partial charge in [-0.1, -0.05) is 35.0 Å². The topological polar surface area (TPSA) is 113 Å². The van der Waals surface area contributed by atoms with Crippen LogP contribution in [0.3, 0.4) is 0 Å². The van der Waals surface area contributed by atoms with E-state index in [1.807, 2.05) is 0 Å². The number of hydrogen-bond acceptors (Lipinski definition) is 5. The van der Waals surface area contributed by atoms with Crippen molar-refractivity contribution >= 4 is 39.1 Å². The van der Waals surface area contributed by atoms with Gasteiger partial charge in [0.25, 0.3) is 0 Å². The summed E-state index contributed by atoms with van der Waals surface area (Å²) in [5, 5.41) is 14.2. The van der Waals surface area contributed by atoms with E-state index in [4.69, 9.17) is 16.1 Å². The molecule has 1 unspecified atom stereocenters. The lowest BCUT2D eigenvalue weighted by Gasteiger charge is -2.27. The summed E-state index contributed by atoms with van der Waals surface area (Å²) in [4.78, 5) is 13.2. The standard InChI is InChI=1S/C20H19ClFN3O5S/c1-11-18(25(20(26)27)12(2)14-6-4-5-7-15(14)21)19(30-23-11)13-8-9-17(16(22)10-13)24-31(3,28)29/h4-10,12,24H,1-3H3,(H,26,27). The van der Waals surface area contributed by atoms with Gasteiger partial charge in [-0.3, -0.25) is 9.62 Å². The van der Waals surface area contributed by atoms with Gasteiger partial charge in [0.1, 0.15) is 17.2 Å². The average Bonchev–Trinajstić information content (AvgIpc) is 3.04. The van der Waals surface area contributed by atoms with E-state index in [1.54, 1.807) is 38.1 Å². The second-order valence-electron chi connectivity index (χ2n) is 6.86. The Morgan fingerprint density at radius 2 is 1.97 bits per heavy atom. The largest absolute Gasteiger partial charge is 0.465 e. The van der Waals surface area contributed by atoms with Crippen LogP contribution in [-0.4, -0.2) is 31.0 Å². The number of halogens is 2. The number of nitrogens with one attached hydrogen (secondary N) is 1. The summed E-state index contributed by atoms with van der Waals surface area (Å²) in [6.07, 6.45) is -0.380. The van der Waals surface area contributed by atoms with E-state index < -0.39 is 28.0 Å². The number of sulfonamides is 1. The van der Waals surface area contributed by atoms with Crippen molar-refractivity contribution in [1.29, 1.82) is 0 Å². The van der Waals surface area contributed by atoms with Crippen LogP contribution >= 0.6 is 11.6 Å². The number of aryl methyl sites for hydroxylation is 1. The van der Waals surface area contributed by atoms with Crippen molar-refractivity contribution in [2.45, 2.75) is 19.9 Å². The molecule has 0 aliphatic heterocycles. The highest BCUT2D eigenvalue weighted by atomic mass is 35.5. The third kappa shape index (κ3) is 4.80. The van der Waals surface area contributed by atoms with E-state index >= 15 is 0 Å². The molecule has 1 atom stereocenters. The van der Waals surface area contributed by atoms with Crippen molar-refractivity contribution in [1.82, 2.24) is 5.16 Å². The maximum Gasteiger partial charge on any atom is 0.412 e. The normalized spacial score (nSPS) is 12.4. The zero-order valence-corrected chi connectivity index (χ0v) is 18.3. The van der Waals surface area contributed by atoms with Crippen LogP contribution < -0.4 is 9.62 Å². The molecule has 11 heteroatoms. The van der Waals surface area contributed by atoms with E-state index in [0.29, 0.717) is 10.6 Å². The zero-order valence-electron chi connectivity index (χ0n) is 16.8. The molecule has 1 heterocycles. The van der Waals surface area contributed by atoms with Gasteiger partial charge >= 0.3 is 6.09 Å². The monoisotopic (exact) mass is 467 g/mol. The predicted octanol–water partition coefficient (Wildman–Crippen LogP) is 5.06. The zero-order chi connectivity index (χ0) is 22.9. The van der Waals surface area contributed by atoms with E-state index in [0.717, 1.165) is 17.2 Å². The molecule has 0 saturated heterocycles. The third-order valence-corrected chi connectivity index (χ3v) is 5.48. The van der Waals surface area contributed by atoms with Gasteiger partial charge in [0.15, 0.2) is 5.76 Å². The molecule has 164 valence electrons. The van der Waals surface area contributed by atoms with E-state index in [9.17, 15) is 22.7 Å². The molecule has 0 aliphatic carbocycles. The molecule has 0 radical (unpaired) electrons. The second-order valence-corrected chi connectivity index (χ2v) is 9.02. The molecule has 31 heavy (non-hydrogen) atoms. The fourth-order valence-corrected chi connectivity index (χ4v) is 4.04. The van der Waals surface area contributed by atoms with Crippen molar-refractivity contribution in [3.63, 3.8) is 0 Å². The van der Waals surface area contributed by atoms with Gasteiger partial charge in [-0.05, 0) is 43.7 Å².